The Morgan fingerprint density at radius 2 is 2.58 bits per heavy atom. The first-order valence-electron chi connectivity index (χ1n) is 3.18. The molecule has 0 aliphatic rings. The maximum Gasteiger partial charge on any atom is 0.294 e. The molecule has 1 aromatic heterocycles. The van der Waals surface area contributed by atoms with Crippen molar-refractivity contribution in [3.63, 3.8) is 0 Å². The van der Waals surface area contributed by atoms with Gasteiger partial charge >= 0.3 is 0 Å². The molecule has 0 saturated heterocycles. The summed E-state index contributed by atoms with van der Waals surface area (Å²) in [4.78, 5) is 15.1. The summed E-state index contributed by atoms with van der Waals surface area (Å²) in [6.07, 6.45) is 2.39. The van der Waals surface area contributed by atoms with Gasteiger partial charge in [0, 0.05) is 6.07 Å². The molecule has 0 aliphatic carbocycles. The van der Waals surface area contributed by atoms with Crippen LogP contribution in [0, 0.1) is 0 Å². The molecule has 0 aliphatic heterocycles. The number of oxime groups is 1. The van der Waals surface area contributed by atoms with Crippen molar-refractivity contribution in [2.75, 3.05) is 7.11 Å². The van der Waals surface area contributed by atoms with Gasteiger partial charge in [0.05, 0.1) is 6.26 Å². The highest BCUT2D eigenvalue weighted by Crippen LogP contribution is 2.05. The van der Waals surface area contributed by atoms with Crippen LogP contribution in [-0.4, -0.2) is 19.2 Å². The molecule has 1 heterocycles. The van der Waals surface area contributed by atoms with E-state index in [1.54, 1.807) is 12.1 Å². The molecule has 1 radical (unpaired) electrons. The molecule has 1 amide bonds. The van der Waals surface area contributed by atoms with Gasteiger partial charge in [-0.1, -0.05) is 5.16 Å². The number of carbonyl (C=O) groups is 1. The van der Waals surface area contributed by atoms with Gasteiger partial charge < -0.3 is 9.25 Å². The van der Waals surface area contributed by atoms with Crippen LogP contribution in [-0.2, 0) is 9.63 Å². The van der Waals surface area contributed by atoms with E-state index in [2.05, 4.69) is 15.3 Å². The fraction of sp³-hybridized carbons (Fsp3) is 0.143. The Morgan fingerprint density at radius 1 is 1.75 bits per heavy atom. The minimum Gasteiger partial charge on any atom is -0.447 e. The standard InChI is InChI=1S/C7H7N2O3/c1-11-8-5-6(10)9-7-3-2-4-12-7/h2-5H,1H3/b8-5+. The lowest BCUT2D eigenvalue weighted by atomic mass is 10.6. The number of amides is 1. The third-order valence-corrected chi connectivity index (χ3v) is 0.995. The van der Waals surface area contributed by atoms with Crippen molar-refractivity contribution in [1.29, 1.82) is 0 Å². The molecule has 0 saturated carbocycles. The van der Waals surface area contributed by atoms with Crippen LogP contribution in [0.1, 0.15) is 0 Å². The van der Waals surface area contributed by atoms with Crippen molar-refractivity contribution in [3.8, 4) is 0 Å². The highest BCUT2D eigenvalue weighted by molar-refractivity contribution is 6.26. The SMILES string of the molecule is CO/N=C/C(=O)[N]c1ccco1. The highest BCUT2D eigenvalue weighted by Gasteiger charge is 2.02. The second kappa shape index (κ2) is 4.17. The molecule has 0 bridgehead atoms. The molecular formula is C7H7N2O3. The van der Waals surface area contributed by atoms with Gasteiger partial charge in [0.2, 0.25) is 5.88 Å². The van der Waals surface area contributed by atoms with Gasteiger partial charge in [-0.05, 0) is 6.07 Å². The average Bonchev–Trinajstić information content (AvgIpc) is 2.53. The molecule has 0 unspecified atom stereocenters. The Labute approximate surface area is 69.0 Å². The Hall–Kier alpha value is -1.78. The number of hydrogen-bond donors (Lipinski definition) is 0. The molecule has 1 rings (SSSR count). The average molecular weight is 167 g/mol. The summed E-state index contributed by atoms with van der Waals surface area (Å²) in [5.41, 5.74) is 0. The number of furan rings is 1. The van der Waals surface area contributed by atoms with E-state index in [1.165, 1.54) is 13.4 Å². The van der Waals surface area contributed by atoms with Gasteiger partial charge in [-0.2, -0.15) is 5.32 Å². The lowest BCUT2D eigenvalue weighted by Gasteiger charge is -1.89. The maximum atomic E-state index is 10.8. The second-order valence-electron chi connectivity index (χ2n) is 1.82. The van der Waals surface area contributed by atoms with E-state index in [0.29, 0.717) is 0 Å². The quantitative estimate of drug-likeness (QED) is 0.491. The van der Waals surface area contributed by atoms with Crippen LogP contribution < -0.4 is 5.32 Å². The normalized spacial score (nSPS) is 10.1. The van der Waals surface area contributed by atoms with E-state index >= 15 is 0 Å². The van der Waals surface area contributed by atoms with Crippen LogP contribution in [0.2, 0.25) is 0 Å². The van der Waals surface area contributed by atoms with Crippen molar-refractivity contribution < 1.29 is 14.0 Å². The first-order valence-corrected chi connectivity index (χ1v) is 3.18. The zero-order chi connectivity index (χ0) is 8.81. The van der Waals surface area contributed by atoms with E-state index in [0.717, 1.165) is 6.21 Å². The Kier molecular flexibility index (Phi) is 2.89. The van der Waals surface area contributed by atoms with E-state index in [4.69, 9.17) is 4.42 Å². The van der Waals surface area contributed by atoms with Crippen LogP contribution >= 0.6 is 0 Å². The monoisotopic (exact) mass is 167 g/mol. The molecule has 12 heavy (non-hydrogen) atoms. The zero-order valence-electron chi connectivity index (χ0n) is 6.43. The third kappa shape index (κ3) is 2.45. The zero-order valence-corrected chi connectivity index (χ0v) is 6.43. The van der Waals surface area contributed by atoms with E-state index < -0.39 is 5.91 Å². The largest absolute Gasteiger partial charge is 0.447 e. The first kappa shape index (κ1) is 8.32. The van der Waals surface area contributed by atoms with Gasteiger partial charge in [0.1, 0.15) is 13.3 Å². The molecule has 0 N–H and O–H groups in total. The summed E-state index contributed by atoms with van der Waals surface area (Å²) >= 11 is 0. The minimum absolute atomic E-state index is 0.252. The predicted octanol–water partition coefficient (Wildman–Crippen LogP) is 0.674. The lowest BCUT2D eigenvalue weighted by molar-refractivity contribution is -0.114. The van der Waals surface area contributed by atoms with Gasteiger partial charge in [0.15, 0.2) is 0 Å². The molecule has 0 aromatic carbocycles. The van der Waals surface area contributed by atoms with E-state index in [9.17, 15) is 4.79 Å². The van der Waals surface area contributed by atoms with Crippen molar-refractivity contribution in [3.05, 3.63) is 18.4 Å². The summed E-state index contributed by atoms with van der Waals surface area (Å²) in [7, 11) is 1.34. The summed E-state index contributed by atoms with van der Waals surface area (Å²) in [6.45, 7) is 0. The number of rotatable bonds is 3. The minimum atomic E-state index is -0.521. The number of hydrogen-bond acceptors (Lipinski definition) is 4. The van der Waals surface area contributed by atoms with Gasteiger partial charge in [-0.15, -0.1) is 0 Å². The molecule has 0 atom stereocenters. The topological polar surface area (TPSA) is 65.9 Å². The third-order valence-electron chi connectivity index (χ3n) is 0.995. The predicted molar refractivity (Wildman–Crippen MR) is 41.0 cm³/mol. The number of carbonyl (C=O) groups excluding carboxylic acids is 1. The number of nitrogens with zero attached hydrogens (tertiary/aromatic N) is 2. The van der Waals surface area contributed by atoms with Gasteiger partial charge in [0.25, 0.3) is 5.91 Å². The molecule has 1 aromatic rings. The molecule has 5 nitrogen and oxygen atoms in total. The Balaban J connectivity index is 2.42. The molecule has 5 heteroatoms. The van der Waals surface area contributed by atoms with Crippen LogP contribution in [0.15, 0.2) is 28.0 Å². The van der Waals surface area contributed by atoms with Crippen LogP contribution in [0.25, 0.3) is 0 Å². The lowest BCUT2D eigenvalue weighted by Crippen LogP contribution is -2.10. The van der Waals surface area contributed by atoms with Gasteiger partial charge in [-0.25, -0.2) is 0 Å². The summed E-state index contributed by atoms with van der Waals surface area (Å²) in [5, 5.41) is 6.76. The molecule has 63 valence electrons. The Bertz CT molecular complexity index is 266. The first-order chi connectivity index (χ1) is 5.83. The van der Waals surface area contributed by atoms with Gasteiger partial charge in [-0.3, -0.25) is 4.79 Å². The summed E-state index contributed by atoms with van der Waals surface area (Å²) in [6, 6.07) is 3.21. The smallest absolute Gasteiger partial charge is 0.294 e. The molecule has 0 fully saturated rings. The van der Waals surface area contributed by atoms with E-state index in [-0.39, 0.29) is 5.88 Å². The van der Waals surface area contributed by atoms with Crippen molar-refractivity contribution >= 4 is 18.0 Å². The van der Waals surface area contributed by atoms with E-state index in [1.807, 2.05) is 0 Å². The fourth-order valence-electron chi connectivity index (χ4n) is 0.569. The highest BCUT2D eigenvalue weighted by atomic mass is 16.6. The molecule has 0 spiro atoms. The maximum absolute atomic E-state index is 10.8. The van der Waals surface area contributed by atoms with Crippen LogP contribution in [0.4, 0.5) is 5.88 Å². The fourth-order valence-corrected chi connectivity index (χ4v) is 0.569. The second-order valence-corrected chi connectivity index (χ2v) is 1.82. The summed E-state index contributed by atoms with van der Waals surface area (Å²) < 4.78 is 4.79. The van der Waals surface area contributed by atoms with Crippen LogP contribution in [0.3, 0.4) is 0 Å². The molecular weight excluding hydrogens is 160 g/mol. The summed E-state index contributed by atoms with van der Waals surface area (Å²) in [5.74, 6) is -0.269. The Morgan fingerprint density at radius 3 is 3.17 bits per heavy atom. The van der Waals surface area contributed by atoms with Crippen molar-refractivity contribution in [1.82, 2.24) is 5.32 Å². The van der Waals surface area contributed by atoms with Crippen LogP contribution in [0.5, 0.6) is 0 Å². The van der Waals surface area contributed by atoms with Crippen molar-refractivity contribution in [2.24, 2.45) is 5.16 Å². The van der Waals surface area contributed by atoms with Crippen molar-refractivity contribution in [2.45, 2.75) is 0 Å².